The monoisotopic (exact) mass is 187 g/mol. The summed E-state index contributed by atoms with van der Waals surface area (Å²) in [5.74, 6) is -1.82. The molecule has 3 N–H and O–H groups in total. The Morgan fingerprint density at radius 3 is 2.08 bits per heavy atom. The van der Waals surface area contributed by atoms with Gasteiger partial charge in [0.2, 0.25) is 5.91 Å². The Balaban J connectivity index is 3.37. The average Bonchev–Trinajstić information content (AvgIpc) is 1.96. The molecule has 0 heterocycles. The number of carboxylic acids is 1. The second-order valence-electron chi connectivity index (χ2n) is 2.78. The molecule has 0 aliphatic rings. The Labute approximate surface area is 75.9 Å². The van der Waals surface area contributed by atoms with Crippen LogP contribution in [0.25, 0.3) is 0 Å². The van der Waals surface area contributed by atoms with Crippen molar-refractivity contribution in [3.05, 3.63) is 0 Å². The van der Waals surface area contributed by atoms with Crippen LogP contribution >= 0.6 is 0 Å². The van der Waals surface area contributed by atoms with Gasteiger partial charge in [-0.2, -0.15) is 0 Å². The van der Waals surface area contributed by atoms with Crippen LogP contribution < -0.4 is 5.73 Å². The van der Waals surface area contributed by atoms with Crippen molar-refractivity contribution in [1.82, 2.24) is 0 Å². The minimum atomic E-state index is -1.11. The van der Waals surface area contributed by atoms with Crippen molar-refractivity contribution < 1.29 is 19.5 Å². The van der Waals surface area contributed by atoms with Gasteiger partial charge in [-0.05, 0) is 12.8 Å². The minimum Gasteiger partial charge on any atom is -0.481 e. The van der Waals surface area contributed by atoms with E-state index in [-0.39, 0.29) is 18.6 Å². The number of carbonyl (C=O) groups is 3. The molecule has 0 spiro atoms. The Morgan fingerprint density at radius 1 is 1.08 bits per heavy atom. The van der Waals surface area contributed by atoms with Crippen LogP contribution in [0.3, 0.4) is 0 Å². The molecule has 0 aromatic rings. The van der Waals surface area contributed by atoms with E-state index in [2.05, 4.69) is 0 Å². The van der Waals surface area contributed by atoms with E-state index in [1.54, 1.807) is 0 Å². The van der Waals surface area contributed by atoms with Crippen LogP contribution in [0.2, 0.25) is 0 Å². The van der Waals surface area contributed by atoms with E-state index in [1.165, 1.54) is 0 Å². The lowest BCUT2D eigenvalue weighted by atomic mass is 10.1. The smallest absolute Gasteiger partial charge is 0.310 e. The van der Waals surface area contributed by atoms with Crippen LogP contribution in [0.1, 0.15) is 32.1 Å². The molecule has 0 fully saturated rings. The maximum atomic E-state index is 10.8. The molecule has 0 aliphatic heterocycles. The first-order chi connectivity index (χ1) is 6.02. The van der Waals surface area contributed by atoms with Gasteiger partial charge in [0.15, 0.2) is 0 Å². The fourth-order valence-electron chi connectivity index (χ4n) is 0.878. The topological polar surface area (TPSA) is 97.5 Å². The van der Waals surface area contributed by atoms with Gasteiger partial charge >= 0.3 is 5.97 Å². The van der Waals surface area contributed by atoms with E-state index in [0.717, 1.165) is 0 Å². The quantitative estimate of drug-likeness (QED) is 0.435. The van der Waals surface area contributed by atoms with Crippen LogP contribution in [-0.4, -0.2) is 22.8 Å². The van der Waals surface area contributed by atoms with Gasteiger partial charge in [0.1, 0.15) is 12.2 Å². The highest BCUT2D eigenvalue weighted by molar-refractivity contribution is 5.94. The van der Waals surface area contributed by atoms with Crippen molar-refractivity contribution in [1.29, 1.82) is 0 Å². The zero-order valence-electron chi connectivity index (χ0n) is 7.28. The predicted molar refractivity (Wildman–Crippen MR) is 44.9 cm³/mol. The largest absolute Gasteiger partial charge is 0.481 e. The summed E-state index contributed by atoms with van der Waals surface area (Å²) in [7, 11) is 0. The van der Waals surface area contributed by atoms with Gasteiger partial charge in [-0.1, -0.05) is 0 Å². The molecule has 0 rings (SSSR count). The lowest BCUT2D eigenvalue weighted by Crippen LogP contribution is -2.10. The number of hydrogen-bond acceptors (Lipinski definition) is 3. The lowest BCUT2D eigenvalue weighted by molar-refractivity contribution is -0.140. The summed E-state index contributed by atoms with van der Waals surface area (Å²) in [4.78, 5) is 31.1. The molecular formula is C8H13NO4. The van der Waals surface area contributed by atoms with Gasteiger partial charge in [0.25, 0.3) is 0 Å². The number of carbonyl (C=O) groups excluding carboxylic acids is 2. The highest BCUT2D eigenvalue weighted by Gasteiger charge is 2.06. The molecule has 0 bridgehead atoms. The molecule has 5 nitrogen and oxygen atoms in total. The summed E-state index contributed by atoms with van der Waals surface area (Å²) >= 11 is 0. The molecule has 0 radical (unpaired) electrons. The highest BCUT2D eigenvalue weighted by Crippen LogP contribution is 2.01. The molecular weight excluding hydrogens is 174 g/mol. The van der Waals surface area contributed by atoms with Crippen molar-refractivity contribution >= 4 is 17.7 Å². The molecule has 0 aromatic carbocycles. The summed E-state index contributed by atoms with van der Waals surface area (Å²) in [6, 6.07) is 0. The second kappa shape index (κ2) is 6.16. The summed E-state index contributed by atoms with van der Waals surface area (Å²) in [6.07, 6.45) is 1.09. The molecule has 0 aliphatic carbocycles. The van der Waals surface area contributed by atoms with Crippen molar-refractivity contribution in [3.63, 3.8) is 0 Å². The molecule has 0 atom stereocenters. The van der Waals surface area contributed by atoms with E-state index in [9.17, 15) is 14.4 Å². The number of aliphatic carboxylic acids is 1. The summed E-state index contributed by atoms with van der Waals surface area (Å²) in [5, 5.41) is 8.23. The van der Waals surface area contributed by atoms with Gasteiger partial charge in [-0.25, -0.2) is 0 Å². The number of primary amides is 1. The van der Waals surface area contributed by atoms with Crippen LogP contribution in [0.15, 0.2) is 0 Å². The summed E-state index contributed by atoms with van der Waals surface area (Å²) < 4.78 is 0. The van der Waals surface area contributed by atoms with E-state index in [1.807, 2.05) is 0 Å². The second-order valence-corrected chi connectivity index (χ2v) is 2.78. The molecule has 0 saturated carbocycles. The Hall–Kier alpha value is -1.39. The first kappa shape index (κ1) is 11.6. The van der Waals surface area contributed by atoms with Crippen molar-refractivity contribution in [2.75, 3.05) is 0 Å². The number of rotatable bonds is 7. The van der Waals surface area contributed by atoms with E-state index in [0.29, 0.717) is 12.8 Å². The summed E-state index contributed by atoms with van der Waals surface area (Å²) in [6.45, 7) is 0. The first-order valence-corrected chi connectivity index (χ1v) is 4.04. The maximum Gasteiger partial charge on any atom is 0.310 e. The number of unbranched alkanes of at least 4 members (excludes halogenated alkanes) is 1. The molecule has 1 amide bonds. The number of nitrogens with two attached hydrogens (primary N) is 1. The fraction of sp³-hybridized carbons (Fsp3) is 0.625. The lowest BCUT2D eigenvalue weighted by Gasteiger charge is -1.96. The molecule has 0 unspecified atom stereocenters. The molecule has 0 saturated heterocycles. The highest BCUT2D eigenvalue weighted by atomic mass is 16.4. The number of ketones is 1. The number of Topliss-reactive ketones (excluding diaryl/α,β-unsaturated/α-hetero) is 1. The Kier molecular flexibility index (Phi) is 5.50. The molecule has 13 heavy (non-hydrogen) atoms. The maximum absolute atomic E-state index is 10.8. The van der Waals surface area contributed by atoms with Gasteiger partial charge in [-0.3, -0.25) is 14.4 Å². The zero-order valence-corrected chi connectivity index (χ0v) is 7.28. The third-order valence-corrected chi connectivity index (χ3v) is 1.48. The zero-order chi connectivity index (χ0) is 10.3. The first-order valence-electron chi connectivity index (χ1n) is 4.04. The van der Waals surface area contributed by atoms with Crippen molar-refractivity contribution in [2.24, 2.45) is 5.73 Å². The van der Waals surface area contributed by atoms with Crippen molar-refractivity contribution in [2.45, 2.75) is 32.1 Å². The fourth-order valence-corrected chi connectivity index (χ4v) is 0.878. The number of hydrogen-bond donors (Lipinski definition) is 2. The Morgan fingerprint density at radius 2 is 1.62 bits per heavy atom. The SMILES string of the molecule is NC(=O)CCCCC(=O)CC(=O)O. The van der Waals surface area contributed by atoms with Crippen LogP contribution in [0, 0.1) is 0 Å². The van der Waals surface area contributed by atoms with E-state index >= 15 is 0 Å². The molecule has 0 aromatic heterocycles. The van der Waals surface area contributed by atoms with Crippen molar-refractivity contribution in [3.8, 4) is 0 Å². The summed E-state index contributed by atoms with van der Waals surface area (Å²) in [5.41, 5.74) is 4.87. The normalized spacial score (nSPS) is 9.54. The van der Waals surface area contributed by atoms with Gasteiger partial charge in [0, 0.05) is 12.8 Å². The number of carboxylic acid groups (broad SMARTS) is 1. The predicted octanol–water partition coefficient (Wildman–Crippen LogP) is 0.0759. The van der Waals surface area contributed by atoms with Crippen LogP contribution in [-0.2, 0) is 14.4 Å². The van der Waals surface area contributed by atoms with Crippen LogP contribution in [0.5, 0.6) is 0 Å². The van der Waals surface area contributed by atoms with Crippen LogP contribution in [0.4, 0.5) is 0 Å². The minimum absolute atomic E-state index is 0.208. The number of amides is 1. The third kappa shape index (κ3) is 8.52. The molecule has 74 valence electrons. The average molecular weight is 187 g/mol. The van der Waals surface area contributed by atoms with E-state index in [4.69, 9.17) is 10.8 Å². The van der Waals surface area contributed by atoms with Gasteiger partial charge < -0.3 is 10.8 Å². The standard InChI is InChI=1S/C8H13NO4/c9-7(11)4-2-1-3-6(10)5-8(12)13/h1-5H2,(H2,9,11)(H,12,13). The van der Waals surface area contributed by atoms with Gasteiger partial charge in [-0.15, -0.1) is 0 Å². The third-order valence-electron chi connectivity index (χ3n) is 1.48. The molecule has 5 heteroatoms. The van der Waals surface area contributed by atoms with Gasteiger partial charge in [0.05, 0.1) is 0 Å². The van der Waals surface area contributed by atoms with E-state index < -0.39 is 18.3 Å². The Bertz CT molecular complexity index is 212.